The van der Waals surface area contributed by atoms with E-state index in [0.717, 1.165) is 0 Å². The van der Waals surface area contributed by atoms with Gasteiger partial charge in [0, 0.05) is 12.2 Å². The Hall–Kier alpha value is -1.68. The Morgan fingerprint density at radius 1 is 1.53 bits per heavy atom. The van der Waals surface area contributed by atoms with Crippen LogP contribution in [0.1, 0.15) is 22.3 Å². The number of halogens is 1. The quantitative estimate of drug-likeness (QED) is 0.785. The van der Waals surface area contributed by atoms with E-state index >= 15 is 0 Å². The highest BCUT2D eigenvalue weighted by atomic mass is 19.1. The summed E-state index contributed by atoms with van der Waals surface area (Å²) in [6.45, 7) is 0.0116. The zero-order chi connectivity index (χ0) is 11.3. The molecule has 0 heterocycles. The monoisotopic (exact) mass is 209 g/mol. The molecule has 0 radical (unpaired) electrons. The zero-order valence-corrected chi connectivity index (χ0v) is 8.11. The number of amides is 1. The Balaban J connectivity index is 3.02. The maximum Gasteiger partial charge on any atom is 0.249 e. The van der Waals surface area contributed by atoms with Gasteiger partial charge in [-0.15, -0.1) is 0 Å². The number of benzene rings is 1. The lowest BCUT2D eigenvalue weighted by atomic mass is 10.1. The number of aliphatic hydroxyl groups excluding tert-OH is 1. The van der Waals surface area contributed by atoms with Gasteiger partial charge in [0.05, 0.1) is 0 Å². The maximum absolute atomic E-state index is 12.9. The second-order valence-electron chi connectivity index (χ2n) is 3.01. The molecule has 0 saturated heterocycles. The van der Waals surface area contributed by atoms with E-state index in [4.69, 9.17) is 10.8 Å². The standard InChI is InChI=1S/C11H12FNO2/c12-9-4-5-10(11(13)15)8(7-9)3-1-2-6-14/h1,3-5,7,14H,2,6H2,(H2,13,15). The number of primary amides is 1. The van der Waals surface area contributed by atoms with Gasteiger partial charge in [0.2, 0.25) is 5.91 Å². The van der Waals surface area contributed by atoms with Gasteiger partial charge in [0.15, 0.2) is 0 Å². The number of carbonyl (C=O) groups is 1. The molecule has 0 bridgehead atoms. The second-order valence-corrected chi connectivity index (χ2v) is 3.01. The van der Waals surface area contributed by atoms with Crippen LogP contribution in [0.15, 0.2) is 24.3 Å². The van der Waals surface area contributed by atoms with Crippen LogP contribution in [-0.4, -0.2) is 17.6 Å². The van der Waals surface area contributed by atoms with Gasteiger partial charge in [0.25, 0.3) is 0 Å². The number of carbonyl (C=O) groups excluding carboxylic acids is 1. The van der Waals surface area contributed by atoms with Crippen LogP contribution < -0.4 is 5.73 Å². The van der Waals surface area contributed by atoms with Gasteiger partial charge in [-0.2, -0.15) is 0 Å². The number of nitrogens with two attached hydrogens (primary N) is 1. The predicted molar refractivity (Wildman–Crippen MR) is 55.7 cm³/mol. The zero-order valence-electron chi connectivity index (χ0n) is 8.11. The smallest absolute Gasteiger partial charge is 0.249 e. The van der Waals surface area contributed by atoms with Crippen molar-refractivity contribution < 1.29 is 14.3 Å². The van der Waals surface area contributed by atoms with Gasteiger partial charge in [0.1, 0.15) is 5.82 Å². The number of aliphatic hydroxyl groups is 1. The summed E-state index contributed by atoms with van der Waals surface area (Å²) >= 11 is 0. The first-order valence-electron chi connectivity index (χ1n) is 4.52. The maximum atomic E-state index is 12.9. The summed E-state index contributed by atoms with van der Waals surface area (Å²) in [5.41, 5.74) is 5.82. The highest BCUT2D eigenvalue weighted by Crippen LogP contribution is 2.13. The van der Waals surface area contributed by atoms with Gasteiger partial charge in [-0.05, 0) is 30.2 Å². The van der Waals surface area contributed by atoms with E-state index in [2.05, 4.69) is 0 Å². The molecule has 0 saturated carbocycles. The van der Waals surface area contributed by atoms with Crippen molar-refractivity contribution in [3.05, 3.63) is 41.2 Å². The van der Waals surface area contributed by atoms with Gasteiger partial charge >= 0.3 is 0 Å². The van der Waals surface area contributed by atoms with Crippen molar-refractivity contribution in [1.29, 1.82) is 0 Å². The topological polar surface area (TPSA) is 63.3 Å². The minimum atomic E-state index is -0.598. The third-order valence-electron chi connectivity index (χ3n) is 1.87. The van der Waals surface area contributed by atoms with Gasteiger partial charge < -0.3 is 10.8 Å². The summed E-state index contributed by atoms with van der Waals surface area (Å²) in [4.78, 5) is 11.0. The van der Waals surface area contributed by atoms with E-state index in [0.29, 0.717) is 12.0 Å². The number of hydrogen-bond acceptors (Lipinski definition) is 2. The Labute approximate surface area is 87.0 Å². The second kappa shape index (κ2) is 5.26. The van der Waals surface area contributed by atoms with Gasteiger partial charge in [-0.25, -0.2) is 4.39 Å². The van der Waals surface area contributed by atoms with Crippen molar-refractivity contribution in [3.8, 4) is 0 Å². The molecule has 0 aromatic heterocycles. The molecule has 0 unspecified atom stereocenters. The fraction of sp³-hybridized carbons (Fsp3) is 0.182. The Morgan fingerprint density at radius 3 is 2.87 bits per heavy atom. The van der Waals surface area contributed by atoms with Crippen molar-refractivity contribution in [2.24, 2.45) is 5.73 Å². The fourth-order valence-electron chi connectivity index (χ4n) is 1.18. The van der Waals surface area contributed by atoms with Crippen molar-refractivity contribution in [3.63, 3.8) is 0 Å². The minimum absolute atomic E-state index is 0.0116. The molecule has 0 spiro atoms. The lowest BCUT2D eigenvalue weighted by Gasteiger charge is -2.01. The lowest BCUT2D eigenvalue weighted by Crippen LogP contribution is -2.12. The molecular weight excluding hydrogens is 197 g/mol. The molecule has 1 rings (SSSR count). The van der Waals surface area contributed by atoms with Crippen LogP contribution in [0.3, 0.4) is 0 Å². The van der Waals surface area contributed by atoms with E-state index in [9.17, 15) is 9.18 Å². The first kappa shape index (κ1) is 11.4. The van der Waals surface area contributed by atoms with Crippen molar-refractivity contribution in [2.75, 3.05) is 6.61 Å². The molecule has 0 aliphatic rings. The third-order valence-corrected chi connectivity index (χ3v) is 1.87. The largest absolute Gasteiger partial charge is 0.396 e. The van der Waals surface area contributed by atoms with Crippen LogP contribution in [0, 0.1) is 5.82 Å². The summed E-state index contributed by atoms with van der Waals surface area (Å²) in [5, 5.41) is 8.56. The lowest BCUT2D eigenvalue weighted by molar-refractivity contribution is 0.1000. The number of hydrogen-bond donors (Lipinski definition) is 2. The average molecular weight is 209 g/mol. The SMILES string of the molecule is NC(=O)c1ccc(F)cc1C=CCCO. The molecular formula is C11H12FNO2. The molecule has 0 aliphatic carbocycles. The summed E-state index contributed by atoms with van der Waals surface area (Å²) < 4.78 is 12.9. The molecule has 4 heteroatoms. The molecule has 15 heavy (non-hydrogen) atoms. The summed E-state index contributed by atoms with van der Waals surface area (Å²) in [7, 11) is 0. The molecule has 1 aromatic carbocycles. The highest BCUT2D eigenvalue weighted by molar-refractivity contribution is 5.96. The normalized spacial score (nSPS) is 10.8. The average Bonchev–Trinajstić information content (AvgIpc) is 2.18. The van der Waals surface area contributed by atoms with Crippen molar-refractivity contribution in [2.45, 2.75) is 6.42 Å². The van der Waals surface area contributed by atoms with Crippen molar-refractivity contribution in [1.82, 2.24) is 0 Å². The summed E-state index contributed by atoms with van der Waals surface area (Å²) in [6, 6.07) is 3.76. The summed E-state index contributed by atoms with van der Waals surface area (Å²) in [6.07, 6.45) is 3.68. The Kier molecular flexibility index (Phi) is 4.00. The van der Waals surface area contributed by atoms with Crippen LogP contribution in [0.25, 0.3) is 6.08 Å². The predicted octanol–water partition coefficient (Wildman–Crippen LogP) is 1.32. The molecule has 3 nitrogen and oxygen atoms in total. The van der Waals surface area contributed by atoms with Gasteiger partial charge in [-0.1, -0.05) is 12.2 Å². The minimum Gasteiger partial charge on any atom is -0.396 e. The third kappa shape index (κ3) is 3.18. The van der Waals surface area contributed by atoms with E-state index in [1.807, 2.05) is 0 Å². The van der Waals surface area contributed by atoms with E-state index in [1.165, 1.54) is 18.2 Å². The summed E-state index contributed by atoms with van der Waals surface area (Å²) in [5.74, 6) is -1.03. The van der Waals surface area contributed by atoms with Crippen molar-refractivity contribution >= 4 is 12.0 Å². The van der Waals surface area contributed by atoms with Crippen LogP contribution >= 0.6 is 0 Å². The van der Waals surface area contributed by atoms with Crippen LogP contribution in [0.4, 0.5) is 4.39 Å². The highest BCUT2D eigenvalue weighted by Gasteiger charge is 2.06. The Bertz CT molecular complexity index is 388. The molecule has 3 N–H and O–H groups in total. The van der Waals surface area contributed by atoms with E-state index in [1.54, 1.807) is 12.2 Å². The van der Waals surface area contributed by atoms with E-state index in [-0.39, 0.29) is 12.2 Å². The van der Waals surface area contributed by atoms with E-state index < -0.39 is 11.7 Å². The van der Waals surface area contributed by atoms with Crippen LogP contribution in [0.5, 0.6) is 0 Å². The fourth-order valence-corrected chi connectivity index (χ4v) is 1.18. The van der Waals surface area contributed by atoms with Gasteiger partial charge in [-0.3, -0.25) is 4.79 Å². The number of rotatable bonds is 4. The first-order chi connectivity index (χ1) is 7.15. The molecule has 80 valence electrons. The molecule has 1 aromatic rings. The molecule has 0 atom stereocenters. The van der Waals surface area contributed by atoms with Crippen LogP contribution in [-0.2, 0) is 0 Å². The first-order valence-corrected chi connectivity index (χ1v) is 4.52. The molecule has 1 amide bonds. The molecule has 0 aliphatic heterocycles. The van der Waals surface area contributed by atoms with Crippen LogP contribution in [0.2, 0.25) is 0 Å². The molecule has 0 fully saturated rings. The Morgan fingerprint density at radius 2 is 2.27 bits per heavy atom.